The summed E-state index contributed by atoms with van der Waals surface area (Å²) in [6.45, 7) is 7.17. The third kappa shape index (κ3) is 2.80. The van der Waals surface area contributed by atoms with Gasteiger partial charge < -0.3 is 5.73 Å². The summed E-state index contributed by atoms with van der Waals surface area (Å²) in [5.74, 6) is 0.907. The van der Waals surface area contributed by atoms with Crippen molar-refractivity contribution in [3.8, 4) is 0 Å². The summed E-state index contributed by atoms with van der Waals surface area (Å²) in [4.78, 5) is 0.190. The zero-order valence-corrected chi connectivity index (χ0v) is 13.6. The Kier molecular flexibility index (Phi) is 4.33. The van der Waals surface area contributed by atoms with Crippen LogP contribution in [0.3, 0.4) is 0 Å². The molecule has 0 aliphatic carbocycles. The second-order valence-electron chi connectivity index (χ2n) is 5.78. The zero-order chi connectivity index (χ0) is 15.1. The molecule has 1 aromatic rings. The maximum Gasteiger partial charge on any atom is 0.243 e. The Morgan fingerprint density at radius 3 is 2.55 bits per heavy atom. The number of nitrogen functional groups attached to an aromatic ring is 1. The molecule has 1 saturated heterocycles. The first-order chi connectivity index (χ1) is 9.23. The van der Waals surface area contributed by atoms with Gasteiger partial charge in [0, 0.05) is 23.8 Å². The van der Waals surface area contributed by atoms with Crippen molar-refractivity contribution < 1.29 is 8.42 Å². The SMILES string of the molecule is Cc1c(N)cc(S(=O)(=O)N2CCC(C(C)C)C2)cc1Cl. The molecule has 0 saturated carbocycles. The second-order valence-corrected chi connectivity index (χ2v) is 8.12. The molecule has 20 heavy (non-hydrogen) atoms. The van der Waals surface area contributed by atoms with Gasteiger partial charge in [0.25, 0.3) is 0 Å². The quantitative estimate of drug-likeness (QED) is 0.872. The first kappa shape index (κ1) is 15.6. The van der Waals surface area contributed by atoms with Gasteiger partial charge >= 0.3 is 0 Å². The number of benzene rings is 1. The minimum atomic E-state index is -3.50. The van der Waals surface area contributed by atoms with E-state index in [1.807, 2.05) is 0 Å². The van der Waals surface area contributed by atoms with Gasteiger partial charge in [-0.15, -0.1) is 0 Å². The average Bonchev–Trinajstić information content (AvgIpc) is 2.85. The Hall–Kier alpha value is -0.780. The van der Waals surface area contributed by atoms with E-state index in [1.165, 1.54) is 16.4 Å². The number of rotatable bonds is 3. The van der Waals surface area contributed by atoms with Gasteiger partial charge in [-0.3, -0.25) is 0 Å². The Bertz CT molecular complexity index is 591. The maximum atomic E-state index is 12.6. The molecule has 2 rings (SSSR count). The van der Waals surface area contributed by atoms with Gasteiger partial charge in [0.05, 0.1) is 4.90 Å². The molecule has 1 unspecified atom stereocenters. The Morgan fingerprint density at radius 2 is 2.05 bits per heavy atom. The smallest absolute Gasteiger partial charge is 0.243 e. The van der Waals surface area contributed by atoms with Crippen LogP contribution >= 0.6 is 11.6 Å². The van der Waals surface area contributed by atoms with E-state index in [-0.39, 0.29) is 4.90 Å². The molecule has 1 aliphatic rings. The molecule has 0 spiro atoms. The number of hydrogen-bond donors (Lipinski definition) is 1. The first-order valence-electron chi connectivity index (χ1n) is 6.79. The van der Waals surface area contributed by atoms with Crippen LogP contribution in [0.25, 0.3) is 0 Å². The van der Waals surface area contributed by atoms with E-state index in [9.17, 15) is 8.42 Å². The van der Waals surface area contributed by atoms with Crippen LogP contribution in [0.15, 0.2) is 17.0 Å². The molecule has 112 valence electrons. The summed E-state index contributed by atoms with van der Waals surface area (Å²) in [6.07, 6.45) is 0.909. The van der Waals surface area contributed by atoms with Crippen LogP contribution in [0.5, 0.6) is 0 Å². The molecule has 1 aromatic carbocycles. The molecule has 4 nitrogen and oxygen atoms in total. The van der Waals surface area contributed by atoms with Crippen LogP contribution < -0.4 is 5.73 Å². The number of hydrogen-bond acceptors (Lipinski definition) is 3. The summed E-state index contributed by atoms with van der Waals surface area (Å²) in [6, 6.07) is 2.99. The van der Waals surface area contributed by atoms with E-state index in [0.29, 0.717) is 41.2 Å². The van der Waals surface area contributed by atoms with Crippen molar-refractivity contribution in [3.05, 3.63) is 22.7 Å². The van der Waals surface area contributed by atoms with Crippen LogP contribution in [0.1, 0.15) is 25.8 Å². The van der Waals surface area contributed by atoms with Gasteiger partial charge in [0.1, 0.15) is 0 Å². The van der Waals surface area contributed by atoms with Gasteiger partial charge in [-0.2, -0.15) is 4.31 Å². The molecule has 0 amide bonds. The van der Waals surface area contributed by atoms with Gasteiger partial charge in [-0.1, -0.05) is 25.4 Å². The molecule has 0 bridgehead atoms. The minimum absolute atomic E-state index is 0.190. The van der Waals surface area contributed by atoms with Crippen LogP contribution in [0.2, 0.25) is 5.02 Å². The molecule has 1 aliphatic heterocycles. The average molecular weight is 317 g/mol. The fraction of sp³-hybridized carbons (Fsp3) is 0.571. The van der Waals surface area contributed by atoms with Crippen LogP contribution in [0, 0.1) is 18.8 Å². The highest BCUT2D eigenvalue weighted by Crippen LogP contribution is 2.31. The Labute approximate surface area is 126 Å². The maximum absolute atomic E-state index is 12.6. The van der Waals surface area contributed by atoms with Crippen molar-refractivity contribution in [3.63, 3.8) is 0 Å². The number of anilines is 1. The van der Waals surface area contributed by atoms with E-state index in [4.69, 9.17) is 17.3 Å². The summed E-state index contributed by atoms with van der Waals surface area (Å²) in [7, 11) is -3.50. The lowest BCUT2D eigenvalue weighted by Gasteiger charge is -2.19. The van der Waals surface area contributed by atoms with E-state index in [0.717, 1.165) is 6.42 Å². The lowest BCUT2D eigenvalue weighted by Crippen LogP contribution is -2.29. The molecule has 0 radical (unpaired) electrons. The normalized spacial score (nSPS) is 20.8. The van der Waals surface area contributed by atoms with Gasteiger partial charge in [0.2, 0.25) is 10.0 Å². The summed E-state index contributed by atoms with van der Waals surface area (Å²) in [5, 5.41) is 0.392. The molecule has 1 atom stereocenters. The van der Waals surface area contributed by atoms with Gasteiger partial charge in [0.15, 0.2) is 0 Å². The third-order valence-electron chi connectivity index (χ3n) is 4.13. The standard InChI is InChI=1S/C14H21ClN2O2S/c1-9(2)11-4-5-17(8-11)20(18,19)12-6-13(15)10(3)14(16)7-12/h6-7,9,11H,4-5,8,16H2,1-3H3. The molecule has 6 heteroatoms. The molecule has 1 heterocycles. The summed E-state index contributed by atoms with van der Waals surface area (Å²) in [5.41, 5.74) is 6.95. The highest BCUT2D eigenvalue weighted by molar-refractivity contribution is 7.89. The molecular formula is C14H21ClN2O2S. The largest absolute Gasteiger partial charge is 0.398 e. The predicted molar refractivity (Wildman–Crippen MR) is 82.3 cm³/mol. The lowest BCUT2D eigenvalue weighted by atomic mass is 9.96. The number of sulfonamides is 1. The number of nitrogens with two attached hydrogens (primary N) is 1. The Morgan fingerprint density at radius 1 is 1.40 bits per heavy atom. The molecule has 0 aromatic heterocycles. The number of halogens is 1. The fourth-order valence-electron chi connectivity index (χ4n) is 2.49. The highest BCUT2D eigenvalue weighted by atomic mass is 35.5. The predicted octanol–water partition coefficient (Wildman–Crippen LogP) is 2.90. The monoisotopic (exact) mass is 316 g/mol. The molecular weight excluding hydrogens is 296 g/mol. The summed E-state index contributed by atoms with van der Waals surface area (Å²) < 4.78 is 26.8. The van der Waals surface area contributed by atoms with Gasteiger partial charge in [-0.05, 0) is 42.9 Å². The van der Waals surface area contributed by atoms with Crippen LogP contribution in [-0.2, 0) is 10.0 Å². The molecule has 1 fully saturated rings. The topological polar surface area (TPSA) is 63.4 Å². The van der Waals surface area contributed by atoms with Crippen molar-refractivity contribution in [2.24, 2.45) is 11.8 Å². The fourth-order valence-corrected chi connectivity index (χ4v) is 4.35. The third-order valence-corrected chi connectivity index (χ3v) is 6.36. The Balaban J connectivity index is 2.32. The highest BCUT2D eigenvalue weighted by Gasteiger charge is 2.34. The van der Waals surface area contributed by atoms with Crippen molar-refractivity contribution in [1.29, 1.82) is 0 Å². The second kappa shape index (κ2) is 5.54. The van der Waals surface area contributed by atoms with E-state index in [2.05, 4.69) is 13.8 Å². The molecule has 2 N–H and O–H groups in total. The van der Waals surface area contributed by atoms with E-state index >= 15 is 0 Å². The van der Waals surface area contributed by atoms with Crippen LogP contribution in [-0.4, -0.2) is 25.8 Å². The van der Waals surface area contributed by atoms with Crippen molar-refractivity contribution >= 4 is 27.3 Å². The van der Waals surface area contributed by atoms with Crippen LogP contribution in [0.4, 0.5) is 5.69 Å². The summed E-state index contributed by atoms with van der Waals surface area (Å²) >= 11 is 6.05. The number of nitrogens with zero attached hydrogens (tertiary/aromatic N) is 1. The van der Waals surface area contributed by atoms with Crippen molar-refractivity contribution in [1.82, 2.24) is 4.31 Å². The van der Waals surface area contributed by atoms with Gasteiger partial charge in [-0.25, -0.2) is 8.42 Å². The minimum Gasteiger partial charge on any atom is -0.398 e. The first-order valence-corrected chi connectivity index (χ1v) is 8.61. The zero-order valence-electron chi connectivity index (χ0n) is 12.1. The van der Waals surface area contributed by atoms with E-state index in [1.54, 1.807) is 6.92 Å². The van der Waals surface area contributed by atoms with E-state index < -0.39 is 10.0 Å². The van der Waals surface area contributed by atoms with Crippen molar-refractivity contribution in [2.75, 3.05) is 18.8 Å². The lowest BCUT2D eigenvalue weighted by molar-refractivity contribution is 0.388. The van der Waals surface area contributed by atoms with Crippen molar-refractivity contribution in [2.45, 2.75) is 32.1 Å².